The van der Waals surface area contributed by atoms with Crippen molar-refractivity contribution in [3.63, 3.8) is 0 Å². The predicted octanol–water partition coefficient (Wildman–Crippen LogP) is 1.93. The van der Waals surface area contributed by atoms with Crippen molar-refractivity contribution in [3.05, 3.63) is 23.2 Å². The predicted molar refractivity (Wildman–Crippen MR) is 70.1 cm³/mol. The molecule has 0 aromatic carbocycles. The van der Waals surface area contributed by atoms with Crippen LogP contribution < -0.4 is 5.32 Å². The molecule has 1 aromatic rings. The Hall–Kier alpha value is -1.33. The molecule has 0 saturated heterocycles. The summed E-state index contributed by atoms with van der Waals surface area (Å²) < 4.78 is 5.18. The van der Waals surface area contributed by atoms with Gasteiger partial charge in [0.05, 0.1) is 0 Å². The van der Waals surface area contributed by atoms with Crippen LogP contribution in [-0.2, 0) is 6.54 Å². The van der Waals surface area contributed by atoms with Crippen LogP contribution in [0.5, 0.6) is 0 Å². The van der Waals surface area contributed by atoms with E-state index in [9.17, 15) is 9.90 Å². The van der Waals surface area contributed by atoms with Gasteiger partial charge >= 0.3 is 5.97 Å². The number of carboxylic acids is 1. The first-order valence-corrected chi connectivity index (χ1v) is 6.78. The average molecular weight is 267 g/mol. The maximum Gasteiger partial charge on any atom is 0.371 e. The highest BCUT2D eigenvalue weighted by molar-refractivity contribution is 5.84. The van der Waals surface area contributed by atoms with E-state index in [4.69, 9.17) is 9.52 Å². The van der Waals surface area contributed by atoms with Crippen molar-refractivity contribution >= 4 is 5.97 Å². The number of aryl methyl sites for hydroxylation is 1. The van der Waals surface area contributed by atoms with Crippen LogP contribution in [0.15, 0.2) is 10.5 Å². The number of aliphatic hydroxyl groups is 1. The van der Waals surface area contributed by atoms with Crippen molar-refractivity contribution in [1.29, 1.82) is 0 Å². The zero-order valence-electron chi connectivity index (χ0n) is 11.2. The first kappa shape index (κ1) is 14.1. The highest BCUT2D eigenvalue weighted by Gasteiger charge is 2.24. The third-order valence-electron chi connectivity index (χ3n) is 3.93. The van der Waals surface area contributed by atoms with Gasteiger partial charge < -0.3 is 19.9 Å². The summed E-state index contributed by atoms with van der Waals surface area (Å²) in [4.78, 5) is 10.8. The van der Waals surface area contributed by atoms with E-state index in [0.717, 1.165) is 18.4 Å². The monoisotopic (exact) mass is 267 g/mol. The molecule has 2 rings (SSSR count). The van der Waals surface area contributed by atoms with Crippen molar-refractivity contribution in [1.82, 2.24) is 5.32 Å². The molecule has 5 heteroatoms. The first-order chi connectivity index (χ1) is 9.11. The molecule has 0 aliphatic heterocycles. The standard InChI is InChI=1S/C14H21NO4/c1-9-11(6-13(19-9)14(17)18)7-15-12-5-3-2-4-10(12)8-16/h6,10,12,15-16H,2-5,7-8H2,1H3,(H,17,18). The Morgan fingerprint density at radius 3 is 2.84 bits per heavy atom. The van der Waals surface area contributed by atoms with Crippen LogP contribution in [-0.4, -0.2) is 28.8 Å². The van der Waals surface area contributed by atoms with Gasteiger partial charge in [0.15, 0.2) is 0 Å². The molecule has 1 aromatic heterocycles. The molecule has 106 valence electrons. The number of hydrogen-bond acceptors (Lipinski definition) is 4. The topological polar surface area (TPSA) is 82.7 Å². The number of aromatic carboxylic acids is 1. The largest absolute Gasteiger partial charge is 0.475 e. The number of carboxylic acid groups (broad SMARTS) is 1. The zero-order valence-corrected chi connectivity index (χ0v) is 11.2. The molecule has 0 spiro atoms. The average Bonchev–Trinajstić information content (AvgIpc) is 2.78. The van der Waals surface area contributed by atoms with E-state index in [2.05, 4.69) is 5.32 Å². The fraction of sp³-hybridized carbons (Fsp3) is 0.643. The second-order valence-corrected chi connectivity index (χ2v) is 5.21. The van der Waals surface area contributed by atoms with Crippen LogP contribution in [0.4, 0.5) is 0 Å². The van der Waals surface area contributed by atoms with E-state index < -0.39 is 5.97 Å². The van der Waals surface area contributed by atoms with E-state index in [-0.39, 0.29) is 12.4 Å². The Bertz CT molecular complexity index is 441. The smallest absolute Gasteiger partial charge is 0.371 e. The van der Waals surface area contributed by atoms with Gasteiger partial charge in [-0.05, 0) is 31.7 Å². The number of carbonyl (C=O) groups is 1. The molecule has 2 atom stereocenters. The van der Waals surface area contributed by atoms with Gasteiger partial charge in [0.25, 0.3) is 0 Å². The van der Waals surface area contributed by atoms with E-state index in [1.54, 1.807) is 13.0 Å². The van der Waals surface area contributed by atoms with E-state index in [1.165, 1.54) is 12.8 Å². The molecule has 1 aliphatic carbocycles. The van der Waals surface area contributed by atoms with Gasteiger partial charge in [-0.25, -0.2) is 4.79 Å². The fourth-order valence-corrected chi connectivity index (χ4v) is 2.74. The lowest BCUT2D eigenvalue weighted by Gasteiger charge is -2.31. The van der Waals surface area contributed by atoms with Crippen LogP contribution in [0.1, 0.15) is 47.6 Å². The molecule has 0 amide bonds. The minimum atomic E-state index is -1.04. The van der Waals surface area contributed by atoms with Crippen molar-refractivity contribution in [2.75, 3.05) is 6.61 Å². The second kappa shape index (κ2) is 6.21. The lowest BCUT2D eigenvalue weighted by atomic mass is 9.85. The molecule has 1 heterocycles. The molecule has 0 bridgehead atoms. The SMILES string of the molecule is Cc1oc(C(=O)O)cc1CNC1CCCCC1CO. The molecule has 1 saturated carbocycles. The maximum absolute atomic E-state index is 10.8. The van der Waals surface area contributed by atoms with Crippen molar-refractivity contribution in [3.8, 4) is 0 Å². The normalized spacial score (nSPS) is 23.5. The number of hydrogen-bond donors (Lipinski definition) is 3. The third-order valence-corrected chi connectivity index (χ3v) is 3.93. The Morgan fingerprint density at radius 1 is 1.47 bits per heavy atom. The number of rotatable bonds is 5. The second-order valence-electron chi connectivity index (χ2n) is 5.21. The highest BCUT2D eigenvalue weighted by Crippen LogP contribution is 2.24. The molecular weight excluding hydrogens is 246 g/mol. The van der Waals surface area contributed by atoms with Gasteiger partial charge in [-0.2, -0.15) is 0 Å². The van der Waals surface area contributed by atoms with Crippen LogP contribution >= 0.6 is 0 Å². The Labute approximate surface area is 112 Å². The molecule has 5 nitrogen and oxygen atoms in total. The van der Waals surface area contributed by atoms with E-state index in [0.29, 0.717) is 24.3 Å². The van der Waals surface area contributed by atoms with Gasteiger partial charge in [-0.15, -0.1) is 0 Å². The molecule has 19 heavy (non-hydrogen) atoms. The molecule has 0 radical (unpaired) electrons. The number of aliphatic hydroxyl groups excluding tert-OH is 1. The van der Waals surface area contributed by atoms with Crippen LogP contribution in [0.25, 0.3) is 0 Å². The van der Waals surface area contributed by atoms with Crippen LogP contribution in [0.3, 0.4) is 0 Å². The summed E-state index contributed by atoms with van der Waals surface area (Å²) in [5.74, 6) is -0.113. The number of nitrogens with one attached hydrogen (secondary N) is 1. The molecule has 3 N–H and O–H groups in total. The summed E-state index contributed by atoms with van der Waals surface area (Å²) in [6.45, 7) is 2.57. The molecule has 2 unspecified atom stereocenters. The Kier molecular flexibility index (Phi) is 4.61. The van der Waals surface area contributed by atoms with E-state index in [1.807, 2.05) is 0 Å². The van der Waals surface area contributed by atoms with Crippen LogP contribution in [0, 0.1) is 12.8 Å². The van der Waals surface area contributed by atoms with Crippen molar-refractivity contribution in [2.24, 2.45) is 5.92 Å². The summed E-state index contributed by atoms with van der Waals surface area (Å²) in [7, 11) is 0. The summed E-state index contributed by atoms with van der Waals surface area (Å²) in [5, 5.41) is 21.6. The van der Waals surface area contributed by atoms with E-state index >= 15 is 0 Å². The highest BCUT2D eigenvalue weighted by atomic mass is 16.4. The molecule has 1 fully saturated rings. The Balaban J connectivity index is 1.96. The summed E-state index contributed by atoms with van der Waals surface area (Å²) in [6, 6.07) is 1.88. The minimum absolute atomic E-state index is 0.0170. The van der Waals surface area contributed by atoms with Crippen molar-refractivity contribution < 1.29 is 19.4 Å². The third kappa shape index (κ3) is 3.36. The molecule has 1 aliphatic rings. The lowest BCUT2D eigenvalue weighted by Crippen LogP contribution is -2.39. The first-order valence-electron chi connectivity index (χ1n) is 6.78. The van der Waals surface area contributed by atoms with Gasteiger partial charge in [0.1, 0.15) is 5.76 Å². The molecular formula is C14H21NO4. The number of furan rings is 1. The Morgan fingerprint density at radius 2 is 2.21 bits per heavy atom. The fourth-order valence-electron chi connectivity index (χ4n) is 2.74. The van der Waals surface area contributed by atoms with Crippen molar-refractivity contribution in [2.45, 2.75) is 45.2 Å². The van der Waals surface area contributed by atoms with Gasteiger partial charge in [0.2, 0.25) is 5.76 Å². The van der Waals surface area contributed by atoms with Gasteiger partial charge in [-0.3, -0.25) is 0 Å². The van der Waals surface area contributed by atoms with Gasteiger partial charge in [-0.1, -0.05) is 12.8 Å². The summed E-state index contributed by atoms with van der Waals surface area (Å²) in [6.07, 6.45) is 4.48. The zero-order chi connectivity index (χ0) is 13.8. The lowest BCUT2D eigenvalue weighted by molar-refractivity contribution is 0.0661. The maximum atomic E-state index is 10.8. The quantitative estimate of drug-likeness (QED) is 0.759. The summed E-state index contributed by atoms with van der Waals surface area (Å²) >= 11 is 0. The van der Waals surface area contributed by atoms with Gasteiger partial charge in [0, 0.05) is 24.8 Å². The van der Waals surface area contributed by atoms with Crippen LogP contribution in [0.2, 0.25) is 0 Å². The summed E-state index contributed by atoms with van der Waals surface area (Å²) in [5.41, 5.74) is 0.875. The minimum Gasteiger partial charge on any atom is -0.475 e.